The van der Waals surface area contributed by atoms with Crippen molar-refractivity contribution < 1.29 is 14.3 Å². The van der Waals surface area contributed by atoms with Crippen LogP contribution in [-0.4, -0.2) is 51.2 Å². The Morgan fingerprint density at radius 3 is 2.50 bits per heavy atom. The molecule has 6 nitrogen and oxygen atoms in total. The van der Waals surface area contributed by atoms with Crippen molar-refractivity contribution in [3.8, 4) is 0 Å². The summed E-state index contributed by atoms with van der Waals surface area (Å²) in [5.74, 6) is -0.369. The number of ether oxygens (including phenoxy) is 1. The Kier molecular flexibility index (Phi) is 9.93. The highest BCUT2D eigenvalue weighted by Crippen LogP contribution is 2.28. The summed E-state index contributed by atoms with van der Waals surface area (Å²) in [5.41, 5.74) is 1.54. The first-order valence-corrected chi connectivity index (χ1v) is 9.72. The molecule has 0 radical (unpaired) electrons. The van der Waals surface area contributed by atoms with Gasteiger partial charge in [0.1, 0.15) is 6.04 Å². The third-order valence-electron chi connectivity index (χ3n) is 5.27. The molecule has 1 aliphatic heterocycles. The minimum Gasteiger partial charge on any atom is -0.384 e. The molecule has 0 aliphatic carbocycles. The molecule has 0 spiro atoms. The minimum atomic E-state index is -0.570. The molecule has 2 rings (SSSR count). The zero-order chi connectivity index (χ0) is 19.9. The van der Waals surface area contributed by atoms with Gasteiger partial charge in [-0.1, -0.05) is 31.5 Å². The summed E-state index contributed by atoms with van der Waals surface area (Å²) in [5, 5.41) is 9.31. The summed E-state index contributed by atoms with van der Waals surface area (Å²) < 4.78 is 5.41. The SMILES string of the molecule is COCC1(CNC(=O)C(NC(=O)c2cccc(C)c2)C(C)C)CCNCC1.Cl. The molecule has 3 N–H and O–H groups in total. The maximum atomic E-state index is 12.8. The van der Waals surface area contributed by atoms with E-state index in [1.54, 1.807) is 13.2 Å². The normalized spacial score (nSPS) is 16.8. The van der Waals surface area contributed by atoms with Crippen molar-refractivity contribution in [1.82, 2.24) is 16.0 Å². The molecule has 1 aliphatic rings. The maximum Gasteiger partial charge on any atom is 0.251 e. The van der Waals surface area contributed by atoms with E-state index in [1.807, 2.05) is 39.0 Å². The van der Waals surface area contributed by atoms with Gasteiger partial charge in [0.2, 0.25) is 5.91 Å². The summed E-state index contributed by atoms with van der Waals surface area (Å²) in [6.45, 7) is 8.86. The fraction of sp³-hybridized carbons (Fsp3) is 0.619. The Balaban J connectivity index is 0.00000392. The summed E-state index contributed by atoms with van der Waals surface area (Å²) in [6.07, 6.45) is 1.92. The molecule has 0 bridgehead atoms. The minimum absolute atomic E-state index is 0. The Hall–Kier alpha value is -1.63. The number of carbonyl (C=O) groups excluding carboxylic acids is 2. The Morgan fingerprint density at radius 1 is 1.25 bits per heavy atom. The molecule has 7 heteroatoms. The van der Waals surface area contributed by atoms with Crippen molar-refractivity contribution in [2.75, 3.05) is 33.4 Å². The van der Waals surface area contributed by atoms with Gasteiger partial charge in [-0.3, -0.25) is 9.59 Å². The third-order valence-corrected chi connectivity index (χ3v) is 5.27. The van der Waals surface area contributed by atoms with Gasteiger partial charge in [0.25, 0.3) is 5.91 Å². The first-order valence-electron chi connectivity index (χ1n) is 9.72. The second-order valence-corrected chi connectivity index (χ2v) is 7.97. The number of benzene rings is 1. The van der Waals surface area contributed by atoms with Crippen molar-refractivity contribution in [1.29, 1.82) is 0 Å². The zero-order valence-electron chi connectivity index (χ0n) is 17.3. The maximum absolute atomic E-state index is 12.8. The predicted octanol–water partition coefficient (Wildman–Crippen LogP) is 2.30. The van der Waals surface area contributed by atoms with Crippen LogP contribution in [0, 0.1) is 18.3 Å². The number of carbonyl (C=O) groups is 2. The summed E-state index contributed by atoms with van der Waals surface area (Å²) in [6, 6.07) is 6.81. The van der Waals surface area contributed by atoms with Crippen LogP contribution >= 0.6 is 12.4 Å². The fourth-order valence-electron chi connectivity index (χ4n) is 3.57. The number of methoxy groups -OCH3 is 1. The number of aryl methyl sites for hydroxylation is 1. The molecule has 1 unspecified atom stereocenters. The van der Waals surface area contributed by atoms with Crippen LogP contribution in [-0.2, 0) is 9.53 Å². The largest absolute Gasteiger partial charge is 0.384 e. The van der Waals surface area contributed by atoms with E-state index in [-0.39, 0.29) is 35.6 Å². The highest BCUT2D eigenvalue weighted by Gasteiger charge is 2.34. The van der Waals surface area contributed by atoms with Gasteiger partial charge in [0.15, 0.2) is 0 Å². The quantitative estimate of drug-likeness (QED) is 0.613. The van der Waals surface area contributed by atoms with E-state index in [1.165, 1.54) is 0 Å². The lowest BCUT2D eigenvalue weighted by molar-refractivity contribution is -0.124. The highest BCUT2D eigenvalue weighted by molar-refractivity contribution is 5.97. The van der Waals surface area contributed by atoms with E-state index in [9.17, 15) is 9.59 Å². The van der Waals surface area contributed by atoms with Gasteiger partial charge >= 0.3 is 0 Å². The molecule has 1 aromatic carbocycles. The van der Waals surface area contributed by atoms with Gasteiger partial charge < -0.3 is 20.7 Å². The molecular weight excluding hydrogens is 378 g/mol. The van der Waals surface area contributed by atoms with Crippen molar-refractivity contribution in [3.05, 3.63) is 35.4 Å². The van der Waals surface area contributed by atoms with E-state index in [4.69, 9.17) is 4.74 Å². The molecule has 1 heterocycles. The van der Waals surface area contributed by atoms with E-state index >= 15 is 0 Å². The van der Waals surface area contributed by atoms with E-state index < -0.39 is 6.04 Å². The van der Waals surface area contributed by atoms with Crippen LogP contribution in [0.2, 0.25) is 0 Å². The summed E-state index contributed by atoms with van der Waals surface area (Å²) in [4.78, 5) is 25.4. The highest BCUT2D eigenvalue weighted by atomic mass is 35.5. The van der Waals surface area contributed by atoms with Crippen molar-refractivity contribution in [2.45, 2.75) is 39.7 Å². The number of nitrogens with one attached hydrogen (secondary N) is 3. The van der Waals surface area contributed by atoms with Crippen LogP contribution < -0.4 is 16.0 Å². The van der Waals surface area contributed by atoms with E-state index in [0.717, 1.165) is 31.5 Å². The van der Waals surface area contributed by atoms with Gasteiger partial charge in [-0.15, -0.1) is 12.4 Å². The second-order valence-electron chi connectivity index (χ2n) is 7.97. The van der Waals surface area contributed by atoms with Crippen LogP contribution in [0.5, 0.6) is 0 Å². The molecule has 0 saturated carbocycles. The molecule has 1 atom stereocenters. The van der Waals surface area contributed by atoms with Gasteiger partial charge in [-0.2, -0.15) is 0 Å². The molecule has 1 saturated heterocycles. The van der Waals surface area contributed by atoms with Crippen LogP contribution in [0.25, 0.3) is 0 Å². The molecule has 158 valence electrons. The van der Waals surface area contributed by atoms with Gasteiger partial charge in [-0.05, 0) is 50.9 Å². The predicted molar refractivity (Wildman–Crippen MR) is 114 cm³/mol. The standard InChI is InChI=1S/C21H33N3O3.ClH/c1-15(2)18(24-19(25)17-7-5-6-16(3)12-17)20(26)23-13-21(14-27-4)8-10-22-11-9-21;/h5-7,12,15,18,22H,8-11,13-14H2,1-4H3,(H,23,26)(H,24,25);1H. The Bertz CT molecular complexity index is 640. The lowest BCUT2D eigenvalue weighted by Crippen LogP contribution is -2.53. The second kappa shape index (κ2) is 11.4. The number of hydrogen-bond donors (Lipinski definition) is 3. The first kappa shape index (κ1) is 24.4. The Morgan fingerprint density at radius 2 is 1.93 bits per heavy atom. The van der Waals surface area contributed by atoms with Crippen LogP contribution in [0.1, 0.15) is 42.6 Å². The lowest BCUT2D eigenvalue weighted by atomic mass is 9.79. The molecule has 28 heavy (non-hydrogen) atoms. The molecule has 0 aromatic heterocycles. The van der Waals surface area contributed by atoms with Gasteiger partial charge in [0.05, 0.1) is 6.61 Å². The summed E-state index contributed by atoms with van der Waals surface area (Å²) >= 11 is 0. The first-order chi connectivity index (χ1) is 12.9. The average Bonchev–Trinajstić information content (AvgIpc) is 2.65. The monoisotopic (exact) mass is 411 g/mol. The third kappa shape index (κ3) is 6.76. The van der Waals surface area contributed by atoms with Crippen LogP contribution in [0.3, 0.4) is 0 Å². The fourth-order valence-corrected chi connectivity index (χ4v) is 3.57. The molecule has 2 amide bonds. The molecule has 1 fully saturated rings. The number of hydrogen-bond acceptors (Lipinski definition) is 4. The van der Waals surface area contributed by atoms with Crippen molar-refractivity contribution >= 4 is 24.2 Å². The molecular formula is C21H34ClN3O3. The van der Waals surface area contributed by atoms with Crippen molar-refractivity contribution in [2.24, 2.45) is 11.3 Å². The zero-order valence-corrected chi connectivity index (χ0v) is 18.2. The van der Waals surface area contributed by atoms with Crippen LogP contribution in [0.15, 0.2) is 24.3 Å². The number of amides is 2. The van der Waals surface area contributed by atoms with Crippen molar-refractivity contribution in [3.63, 3.8) is 0 Å². The van der Waals surface area contributed by atoms with E-state index in [0.29, 0.717) is 18.7 Å². The van der Waals surface area contributed by atoms with Gasteiger partial charge in [-0.25, -0.2) is 0 Å². The lowest BCUT2D eigenvalue weighted by Gasteiger charge is -2.37. The smallest absolute Gasteiger partial charge is 0.251 e. The topological polar surface area (TPSA) is 79.5 Å². The van der Waals surface area contributed by atoms with E-state index in [2.05, 4.69) is 16.0 Å². The number of piperidine rings is 1. The summed E-state index contributed by atoms with van der Waals surface area (Å²) in [7, 11) is 1.70. The average molecular weight is 412 g/mol. The van der Waals surface area contributed by atoms with Gasteiger partial charge in [0, 0.05) is 24.6 Å². The molecule has 1 aromatic rings. The Labute approximate surface area is 174 Å². The number of rotatable bonds is 8. The number of halogens is 1. The van der Waals surface area contributed by atoms with Crippen LogP contribution in [0.4, 0.5) is 0 Å².